The van der Waals surface area contributed by atoms with Crippen molar-refractivity contribution in [3.05, 3.63) is 26.6 Å². The van der Waals surface area contributed by atoms with Crippen molar-refractivity contribution in [1.82, 2.24) is 4.98 Å². The van der Waals surface area contributed by atoms with Crippen molar-refractivity contribution >= 4 is 22.6 Å². The normalized spacial score (nSPS) is 11.6. The number of hydrogen-bond donors (Lipinski definition) is 0. The van der Waals surface area contributed by atoms with Crippen LogP contribution in [-0.4, -0.2) is 4.98 Å². The van der Waals surface area contributed by atoms with E-state index in [4.69, 9.17) is 5.26 Å². The van der Waals surface area contributed by atoms with Gasteiger partial charge in [0.2, 0.25) is 0 Å². The number of aromatic nitrogens is 1. The topological polar surface area (TPSA) is 36.7 Å². The number of nitrogens with zero attached hydrogens (tertiary/aromatic N) is 2. The second kappa shape index (κ2) is 5.12. The number of hydrogen-bond acceptors (Lipinski definition) is 2. The van der Waals surface area contributed by atoms with Crippen LogP contribution < -0.4 is 0 Å². The molecule has 0 spiro atoms. The predicted molar refractivity (Wildman–Crippen MR) is 56.2 cm³/mol. The van der Waals surface area contributed by atoms with Crippen LogP contribution in [0.1, 0.15) is 23.4 Å². The summed E-state index contributed by atoms with van der Waals surface area (Å²) in [5.74, 6) is 0. The molecule has 92 valence electrons. The average Bonchev–Trinajstić information content (AvgIpc) is 2.18. The molecule has 0 amide bonds. The number of alkyl halides is 5. The van der Waals surface area contributed by atoms with Crippen molar-refractivity contribution in [2.45, 2.75) is 19.0 Å². The lowest BCUT2D eigenvalue weighted by Gasteiger charge is -2.13. The Bertz CT molecular complexity index is 464. The third kappa shape index (κ3) is 3.24. The lowest BCUT2D eigenvalue weighted by molar-refractivity contribution is -0.142. The molecule has 0 aromatic carbocycles. The molecule has 8 heteroatoms. The number of halogens is 6. The Morgan fingerprint density at radius 3 is 2.41 bits per heavy atom. The Morgan fingerprint density at radius 1 is 1.41 bits per heavy atom. The van der Waals surface area contributed by atoms with Crippen LogP contribution in [0.25, 0.3) is 0 Å². The van der Waals surface area contributed by atoms with E-state index in [9.17, 15) is 22.0 Å². The summed E-state index contributed by atoms with van der Waals surface area (Å²) in [6.45, 7) is 0. The minimum atomic E-state index is -4.85. The summed E-state index contributed by atoms with van der Waals surface area (Å²) in [7, 11) is 0. The monoisotopic (exact) mass is 362 g/mol. The van der Waals surface area contributed by atoms with E-state index in [2.05, 4.69) is 4.98 Å². The van der Waals surface area contributed by atoms with Gasteiger partial charge in [-0.2, -0.15) is 18.4 Å². The van der Waals surface area contributed by atoms with Crippen LogP contribution in [0, 0.1) is 14.9 Å². The van der Waals surface area contributed by atoms with Gasteiger partial charge in [0.15, 0.2) is 0 Å². The first-order valence-corrected chi connectivity index (χ1v) is 5.27. The van der Waals surface area contributed by atoms with Gasteiger partial charge < -0.3 is 0 Å². The van der Waals surface area contributed by atoms with Crippen molar-refractivity contribution in [1.29, 1.82) is 5.26 Å². The maximum Gasteiger partial charge on any atom is 0.433 e. The van der Waals surface area contributed by atoms with E-state index in [-0.39, 0.29) is 9.13 Å². The van der Waals surface area contributed by atoms with Crippen molar-refractivity contribution in [3.63, 3.8) is 0 Å². The highest BCUT2D eigenvalue weighted by Crippen LogP contribution is 2.34. The molecule has 1 aromatic heterocycles. The second-order valence-corrected chi connectivity index (χ2v) is 4.15. The molecule has 0 radical (unpaired) electrons. The van der Waals surface area contributed by atoms with Gasteiger partial charge in [0.25, 0.3) is 6.43 Å². The first-order chi connectivity index (χ1) is 7.77. The molecule has 0 saturated heterocycles. The molecule has 0 bridgehead atoms. The standard InChI is InChI=1S/C9H4F5IN2/c10-8(11)6-3-5(15)4(1-2-16)7(17-6)9(12,13)14/h3,8H,1H2. The molecule has 1 rings (SSSR count). The lowest BCUT2D eigenvalue weighted by Crippen LogP contribution is -2.15. The number of rotatable bonds is 2. The van der Waals surface area contributed by atoms with E-state index in [1.54, 1.807) is 6.07 Å². The van der Waals surface area contributed by atoms with Gasteiger partial charge in [-0.3, -0.25) is 0 Å². The van der Waals surface area contributed by atoms with Gasteiger partial charge >= 0.3 is 6.18 Å². The summed E-state index contributed by atoms with van der Waals surface area (Å²) in [6, 6.07) is 2.41. The maximum absolute atomic E-state index is 12.6. The molecule has 1 aromatic rings. The summed E-state index contributed by atoms with van der Waals surface area (Å²) in [6.07, 6.45) is -8.46. The highest BCUT2D eigenvalue weighted by atomic mass is 127. The predicted octanol–water partition coefficient (Wildman–Crippen LogP) is 3.71. The Labute approximate surface area is 107 Å². The fourth-order valence-corrected chi connectivity index (χ4v) is 1.92. The van der Waals surface area contributed by atoms with Crippen LogP contribution in [0.5, 0.6) is 0 Å². The summed E-state index contributed by atoms with van der Waals surface area (Å²) in [4.78, 5) is 2.89. The highest BCUT2D eigenvalue weighted by Gasteiger charge is 2.37. The summed E-state index contributed by atoms with van der Waals surface area (Å²) in [5, 5.41) is 8.42. The number of pyridine rings is 1. The van der Waals surface area contributed by atoms with Crippen molar-refractivity contribution in [2.75, 3.05) is 0 Å². The van der Waals surface area contributed by atoms with Crippen LogP contribution in [0.4, 0.5) is 22.0 Å². The Morgan fingerprint density at radius 2 is 2.00 bits per heavy atom. The zero-order valence-electron chi connectivity index (χ0n) is 8.02. The molecule has 0 unspecified atom stereocenters. The largest absolute Gasteiger partial charge is 0.433 e. The first kappa shape index (κ1) is 14.1. The van der Waals surface area contributed by atoms with Crippen LogP contribution >= 0.6 is 22.6 Å². The fourth-order valence-electron chi connectivity index (χ4n) is 1.15. The minimum absolute atomic E-state index is 0.0400. The van der Waals surface area contributed by atoms with Crippen molar-refractivity contribution in [3.8, 4) is 6.07 Å². The van der Waals surface area contributed by atoms with E-state index >= 15 is 0 Å². The molecular formula is C9H4F5IN2. The summed E-state index contributed by atoms with van der Waals surface area (Å²) < 4.78 is 62.4. The molecule has 0 atom stereocenters. The van der Waals surface area contributed by atoms with Gasteiger partial charge in [-0.05, 0) is 28.7 Å². The van der Waals surface area contributed by atoms with Gasteiger partial charge in [-0.25, -0.2) is 13.8 Å². The van der Waals surface area contributed by atoms with E-state index in [1.165, 1.54) is 22.6 Å². The number of nitriles is 1. The molecule has 1 heterocycles. The molecule has 0 aliphatic carbocycles. The second-order valence-electron chi connectivity index (χ2n) is 2.99. The van der Waals surface area contributed by atoms with Crippen LogP contribution in [0.3, 0.4) is 0 Å². The molecule has 0 N–H and O–H groups in total. The SMILES string of the molecule is N#CCc1c(I)cc(C(F)F)nc1C(F)(F)F. The molecule has 2 nitrogen and oxygen atoms in total. The quantitative estimate of drug-likeness (QED) is 0.594. The third-order valence-electron chi connectivity index (χ3n) is 1.84. The molecule has 17 heavy (non-hydrogen) atoms. The van der Waals surface area contributed by atoms with Crippen LogP contribution in [-0.2, 0) is 12.6 Å². The zero-order chi connectivity index (χ0) is 13.2. The zero-order valence-corrected chi connectivity index (χ0v) is 10.2. The molecule has 0 aliphatic rings. The van der Waals surface area contributed by atoms with E-state index in [0.29, 0.717) is 0 Å². The van der Waals surface area contributed by atoms with E-state index < -0.39 is 30.4 Å². The van der Waals surface area contributed by atoms with Crippen LogP contribution in [0.2, 0.25) is 0 Å². The fraction of sp³-hybridized carbons (Fsp3) is 0.333. The Hall–Kier alpha value is -0.980. The van der Waals surface area contributed by atoms with Crippen molar-refractivity contribution in [2.24, 2.45) is 0 Å². The summed E-state index contributed by atoms with van der Waals surface area (Å²) in [5.41, 5.74) is -2.73. The molecule has 0 saturated carbocycles. The van der Waals surface area contributed by atoms with E-state index in [0.717, 1.165) is 6.07 Å². The van der Waals surface area contributed by atoms with Crippen LogP contribution in [0.15, 0.2) is 6.07 Å². The Balaban J connectivity index is 3.46. The van der Waals surface area contributed by atoms with Gasteiger partial charge in [-0.15, -0.1) is 0 Å². The van der Waals surface area contributed by atoms with Gasteiger partial charge in [0, 0.05) is 9.13 Å². The van der Waals surface area contributed by atoms with Gasteiger partial charge in [0.1, 0.15) is 11.4 Å². The minimum Gasteiger partial charge on any atom is -0.242 e. The smallest absolute Gasteiger partial charge is 0.242 e. The van der Waals surface area contributed by atoms with Gasteiger partial charge in [-0.1, -0.05) is 0 Å². The Kier molecular flexibility index (Phi) is 4.24. The van der Waals surface area contributed by atoms with Gasteiger partial charge in [0.05, 0.1) is 12.5 Å². The third-order valence-corrected chi connectivity index (χ3v) is 2.80. The lowest BCUT2D eigenvalue weighted by atomic mass is 10.1. The molecular weight excluding hydrogens is 358 g/mol. The van der Waals surface area contributed by atoms with Crippen molar-refractivity contribution < 1.29 is 22.0 Å². The summed E-state index contributed by atoms with van der Waals surface area (Å²) >= 11 is 1.48. The molecule has 0 fully saturated rings. The van der Waals surface area contributed by atoms with E-state index in [1.807, 2.05) is 0 Å². The highest BCUT2D eigenvalue weighted by molar-refractivity contribution is 14.1. The first-order valence-electron chi connectivity index (χ1n) is 4.19. The maximum atomic E-state index is 12.6. The average molecular weight is 362 g/mol. The molecule has 0 aliphatic heterocycles.